The molecule has 0 bridgehead atoms. The molecule has 0 N–H and O–H groups in total. The van der Waals surface area contributed by atoms with Crippen molar-refractivity contribution in [3.05, 3.63) is 11.6 Å². The fourth-order valence-corrected chi connectivity index (χ4v) is 6.47. The Balaban J connectivity index is 1.56. The van der Waals surface area contributed by atoms with Gasteiger partial charge in [0.2, 0.25) is 0 Å². The average molecular weight is 316 g/mol. The molecule has 4 rings (SSSR count). The lowest BCUT2D eigenvalue weighted by atomic mass is 9.52. The number of carbonyl (C=O) groups is 2. The molecule has 0 aromatic rings. The second kappa shape index (κ2) is 5.75. The molecule has 4 aliphatic carbocycles. The van der Waals surface area contributed by atoms with Crippen LogP contribution in [0.15, 0.2) is 11.6 Å². The van der Waals surface area contributed by atoms with Crippen LogP contribution < -0.4 is 0 Å². The van der Waals surface area contributed by atoms with Gasteiger partial charge in [0.25, 0.3) is 0 Å². The molecule has 0 unspecified atom stereocenters. The molecule has 0 aromatic carbocycles. The zero-order valence-electron chi connectivity index (χ0n) is 14.2. The summed E-state index contributed by atoms with van der Waals surface area (Å²) < 4.78 is 5.49. The summed E-state index contributed by atoms with van der Waals surface area (Å²) in [6.45, 7) is 2.17. The molecule has 0 aliphatic heterocycles. The third-order valence-corrected chi connectivity index (χ3v) is 7.39. The van der Waals surface area contributed by atoms with E-state index in [1.807, 2.05) is 6.08 Å². The van der Waals surface area contributed by atoms with Gasteiger partial charge < -0.3 is 4.74 Å². The van der Waals surface area contributed by atoms with Crippen LogP contribution in [0, 0.1) is 29.1 Å². The Bertz CT molecular complexity index is 549. The number of esters is 1. The van der Waals surface area contributed by atoms with Crippen LogP contribution in [0.25, 0.3) is 0 Å². The van der Waals surface area contributed by atoms with Gasteiger partial charge >= 0.3 is 5.97 Å². The van der Waals surface area contributed by atoms with Crippen molar-refractivity contribution in [1.29, 1.82) is 0 Å². The predicted molar refractivity (Wildman–Crippen MR) is 87.7 cm³/mol. The first kappa shape index (κ1) is 15.4. The Morgan fingerprint density at radius 3 is 2.87 bits per heavy atom. The van der Waals surface area contributed by atoms with Crippen molar-refractivity contribution in [2.75, 3.05) is 6.61 Å². The van der Waals surface area contributed by atoms with Crippen molar-refractivity contribution >= 4 is 11.8 Å². The maximum absolute atomic E-state index is 11.7. The highest BCUT2D eigenvalue weighted by Crippen LogP contribution is 2.61. The maximum Gasteiger partial charge on any atom is 0.302 e. The third kappa shape index (κ3) is 2.56. The molecule has 0 radical (unpaired) electrons. The summed E-state index contributed by atoms with van der Waals surface area (Å²) in [7, 11) is 0. The minimum atomic E-state index is -0.133. The van der Waals surface area contributed by atoms with Crippen molar-refractivity contribution in [3.63, 3.8) is 0 Å². The standard InChI is InChI=1S/C20H28O3/c1-13(21)23-12-20-9-2-3-19(20)18-6-4-14-11-15(22)5-7-16(14)17(18)8-10-20/h11,16-19H,2-10,12H2,1H3/t16-,17+,18+,19-,20-/m0/s1. The molecule has 0 spiro atoms. The Hall–Kier alpha value is -1.12. The van der Waals surface area contributed by atoms with Gasteiger partial charge in [-0.2, -0.15) is 0 Å². The second-order valence-electron chi connectivity index (χ2n) is 8.38. The van der Waals surface area contributed by atoms with Gasteiger partial charge in [0, 0.05) is 18.8 Å². The molecular formula is C20H28O3. The van der Waals surface area contributed by atoms with Crippen LogP contribution in [0.5, 0.6) is 0 Å². The quantitative estimate of drug-likeness (QED) is 0.722. The molecule has 4 aliphatic rings. The highest BCUT2D eigenvalue weighted by molar-refractivity contribution is 5.91. The van der Waals surface area contributed by atoms with E-state index in [9.17, 15) is 9.59 Å². The van der Waals surface area contributed by atoms with Crippen molar-refractivity contribution in [3.8, 4) is 0 Å². The minimum absolute atomic E-state index is 0.133. The van der Waals surface area contributed by atoms with Crippen LogP contribution in [0.2, 0.25) is 0 Å². The highest BCUT2D eigenvalue weighted by Gasteiger charge is 2.54. The largest absolute Gasteiger partial charge is 0.465 e. The third-order valence-electron chi connectivity index (χ3n) is 7.39. The summed E-state index contributed by atoms with van der Waals surface area (Å²) in [6, 6.07) is 0. The molecule has 0 saturated heterocycles. The topological polar surface area (TPSA) is 43.4 Å². The number of allylic oxidation sites excluding steroid dienone is 1. The van der Waals surface area contributed by atoms with Crippen molar-refractivity contribution in [2.45, 2.75) is 64.7 Å². The van der Waals surface area contributed by atoms with E-state index in [0.29, 0.717) is 18.3 Å². The van der Waals surface area contributed by atoms with E-state index >= 15 is 0 Å². The molecule has 3 fully saturated rings. The summed E-state index contributed by atoms with van der Waals surface area (Å²) in [5.41, 5.74) is 1.71. The smallest absolute Gasteiger partial charge is 0.302 e. The van der Waals surface area contributed by atoms with Crippen LogP contribution >= 0.6 is 0 Å². The number of ketones is 1. The summed E-state index contributed by atoms with van der Waals surface area (Å²) in [5, 5.41) is 0. The fraction of sp³-hybridized carbons (Fsp3) is 0.800. The number of hydrogen-bond donors (Lipinski definition) is 0. The molecule has 0 amide bonds. The van der Waals surface area contributed by atoms with Gasteiger partial charge in [0.05, 0.1) is 6.61 Å². The van der Waals surface area contributed by atoms with E-state index in [1.165, 1.54) is 51.0 Å². The number of hydrogen-bond acceptors (Lipinski definition) is 3. The van der Waals surface area contributed by atoms with Gasteiger partial charge in [-0.05, 0) is 74.7 Å². The van der Waals surface area contributed by atoms with E-state index in [2.05, 4.69) is 0 Å². The summed E-state index contributed by atoms with van der Waals surface area (Å²) >= 11 is 0. The lowest BCUT2D eigenvalue weighted by Crippen LogP contribution is -2.47. The van der Waals surface area contributed by atoms with Crippen molar-refractivity contribution in [1.82, 2.24) is 0 Å². The molecule has 5 atom stereocenters. The monoisotopic (exact) mass is 316 g/mol. The first-order valence-electron chi connectivity index (χ1n) is 9.46. The average Bonchev–Trinajstić information content (AvgIpc) is 2.97. The number of rotatable bonds is 2. The van der Waals surface area contributed by atoms with E-state index < -0.39 is 0 Å². The van der Waals surface area contributed by atoms with Crippen LogP contribution in [0.1, 0.15) is 64.7 Å². The summed E-state index contributed by atoms with van der Waals surface area (Å²) in [6.07, 6.45) is 12.5. The van der Waals surface area contributed by atoms with Crippen LogP contribution in [0.3, 0.4) is 0 Å². The first-order valence-corrected chi connectivity index (χ1v) is 9.46. The van der Waals surface area contributed by atoms with Gasteiger partial charge in [-0.3, -0.25) is 9.59 Å². The Kier molecular flexibility index (Phi) is 3.85. The number of ether oxygens (including phenoxy) is 1. The Morgan fingerprint density at radius 2 is 2.04 bits per heavy atom. The van der Waals surface area contributed by atoms with E-state index in [0.717, 1.165) is 37.0 Å². The van der Waals surface area contributed by atoms with Gasteiger partial charge in [0.1, 0.15) is 0 Å². The van der Waals surface area contributed by atoms with E-state index in [1.54, 1.807) is 0 Å². The fourth-order valence-electron chi connectivity index (χ4n) is 6.47. The maximum atomic E-state index is 11.7. The first-order chi connectivity index (χ1) is 11.1. The van der Waals surface area contributed by atoms with Crippen LogP contribution in [-0.2, 0) is 14.3 Å². The molecule has 0 heterocycles. The predicted octanol–water partition coefficient (Wildman–Crippen LogP) is 4.06. The SMILES string of the molecule is CC(=O)OC[C@@]12CCC[C@H]1[C@@H]1CCC3=CC(=O)CC[C@@H]3[C@H]1CC2. The lowest BCUT2D eigenvalue weighted by molar-refractivity contribution is -0.149. The zero-order chi connectivity index (χ0) is 16.0. The zero-order valence-corrected chi connectivity index (χ0v) is 14.2. The minimum Gasteiger partial charge on any atom is -0.465 e. The molecule has 23 heavy (non-hydrogen) atoms. The van der Waals surface area contributed by atoms with Gasteiger partial charge in [-0.1, -0.05) is 12.0 Å². The molecule has 3 nitrogen and oxygen atoms in total. The molecule has 126 valence electrons. The molecule has 3 heteroatoms. The second-order valence-corrected chi connectivity index (χ2v) is 8.38. The van der Waals surface area contributed by atoms with Gasteiger partial charge in [-0.15, -0.1) is 0 Å². The lowest BCUT2D eigenvalue weighted by Gasteiger charge is -2.53. The molecule has 3 saturated carbocycles. The van der Waals surface area contributed by atoms with E-state index in [4.69, 9.17) is 4.74 Å². The van der Waals surface area contributed by atoms with E-state index in [-0.39, 0.29) is 11.4 Å². The normalized spacial score (nSPS) is 42.3. The summed E-state index contributed by atoms with van der Waals surface area (Å²) in [4.78, 5) is 23.0. The highest BCUT2D eigenvalue weighted by atomic mass is 16.5. The number of fused-ring (bicyclic) bond motifs is 5. The molecule has 0 aromatic heterocycles. The number of carbonyl (C=O) groups excluding carboxylic acids is 2. The van der Waals surface area contributed by atoms with Crippen LogP contribution in [0.4, 0.5) is 0 Å². The summed E-state index contributed by atoms with van der Waals surface area (Å²) in [5.74, 6) is 3.18. The Morgan fingerprint density at radius 1 is 1.17 bits per heavy atom. The van der Waals surface area contributed by atoms with Gasteiger partial charge in [0.15, 0.2) is 5.78 Å². The Labute approximate surface area is 138 Å². The van der Waals surface area contributed by atoms with Crippen LogP contribution in [-0.4, -0.2) is 18.4 Å². The van der Waals surface area contributed by atoms with Crippen molar-refractivity contribution < 1.29 is 14.3 Å². The van der Waals surface area contributed by atoms with Crippen molar-refractivity contribution in [2.24, 2.45) is 29.1 Å². The molecular weight excluding hydrogens is 288 g/mol. The van der Waals surface area contributed by atoms with Gasteiger partial charge in [-0.25, -0.2) is 0 Å².